The number of fused-ring (bicyclic) bond motifs is 1. The second-order valence-electron chi connectivity index (χ2n) is 6.98. The average Bonchev–Trinajstić information content (AvgIpc) is 3.32. The van der Waals surface area contributed by atoms with Crippen LogP contribution in [-0.2, 0) is 0 Å². The van der Waals surface area contributed by atoms with E-state index in [9.17, 15) is 19.1 Å². The molecule has 140 valence electrons. The van der Waals surface area contributed by atoms with Crippen LogP contribution in [0, 0.1) is 5.82 Å². The summed E-state index contributed by atoms with van der Waals surface area (Å²) in [5.41, 5.74) is 5.24. The van der Waals surface area contributed by atoms with Crippen molar-refractivity contribution in [2.45, 2.75) is 44.3 Å². The van der Waals surface area contributed by atoms with Gasteiger partial charge in [0.1, 0.15) is 11.2 Å². The van der Waals surface area contributed by atoms with E-state index in [0.29, 0.717) is 12.2 Å². The predicted molar refractivity (Wildman–Crippen MR) is 97.8 cm³/mol. The first-order valence-electron chi connectivity index (χ1n) is 8.37. The SMILES string of the molecule is CC1CC(N)CN1c1nc2c(cc1F)c(=O)c(C(=O)O)cn2C1CC1.Cl. The third-order valence-corrected chi connectivity index (χ3v) is 4.99. The Labute approximate surface area is 155 Å². The third kappa shape index (κ3) is 2.93. The highest BCUT2D eigenvalue weighted by Gasteiger charge is 2.32. The van der Waals surface area contributed by atoms with Crippen LogP contribution in [0.25, 0.3) is 11.0 Å². The smallest absolute Gasteiger partial charge is 0.341 e. The number of carboxylic acids is 1. The summed E-state index contributed by atoms with van der Waals surface area (Å²) in [6.07, 6.45) is 3.85. The number of hydrogen-bond donors (Lipinski definition) is 2. The van der Waals surface area contributed by atoms with Crippen LogP contribution in [0.4, 0.5) is 10.2 Å². The van der Waals surface area contributed by atoms with Crippen LogP contribution in [0.3, 0.4) is 0 Å². The van der Waals surface area contributed by atoms with E-state index >= 15 is 0 Å². The fourth-order valence-corrected chi connectivity index (χ4v) is 3.59. The number of anilines is 1. The fourth-order valence-electron chi connectivity index (χ4n) is 3.59. The molecule has 3 N–H and O–H groups in total. The first-order chi connectivity index (χ1) is 11.9. The third-order valence-electron chi connectivity index (χ3n) is 4.99. The maximum Gasteiger partial charge on any atom is 0.341 e. The van der Waals surface area contributed by atoms with Gasteiger partial charge >= 0.3 is 5.97 Å². The Bertz CT molecular complexity index is 944. The van der Waals surface area contributed by atoms with E-state index < -0.39 is 17.2 Å². The van der Waals surface area contributed by atoms with Crippen LogP contribution in [0.1, 0.15) is 42.6 Å². The molecule has 0 aromatic carbocycles. The van der Waals surface area contributed by atoms with Gasteiger partial charge in [-0.05, 0) is 32.3 Å². The highest BCUT2D eigenvalue weighted by atomic mass is 35.5. The number of nitrogens with zero attached hydrogens (tertiary/aromatic N) is 3. The molecule has 0 amide bonds. The van der Waals surface area contributed by atoms with E-state index in [-0.39, 0.29) is 47.3 Å². The van der Waals surface area contributed by atoms with Crippen LogP contribution < -0.4 is 16.1 Å². The lowest BCUT2D eigenvalue weighted by Crippen LogP contribution is -2.31. The van der Waals surface area contributed by atoms with E-state index in [0.717, 1.165) is 25.3 Å². The first kappa shape index (κ1) is 18.6. The van der Waals surface area contributed by atoms with E-state index in [2.05, 4.69) is 4.98 Å². The van der Waals surface area contributed by atoms with Crippen molar-refractivity contribution in [3.63, 3.8) is 0 Å². The Morgan fingerprint density at radius 2 is 2.12 bits per heavy atom. The molecule has 1 saturated carbocycles. The number of aromatic carboxylic acids is 1. The van der Waals surface area contributed by atoms with Crippen LogP contribution in [0.2, 0.25) is 0 Å². The van der Waals surface area contributed by atoms with E-state index in [4.69, 9.17) is 5.73 Å². The van der Waals surface area contributed by atoms with Gasteiger partial charge in [-0.15, -0.1) is 12.4 Å². The predicted octanol–water partition coefficient (Wildman–Crippen LogP) is 1.92. The molecule has 2 fully saturated rings. The number of carbonyl (C=O) groups is 1. The van der Waals surface area contributed by atoms with Gasteiger partial charge in [-0.3, -0.25) is 4.79 Å². The highest BCUT2D eigenvalue weighted by Crippen LogP contribution is 2.37. The molecule has 2 unspecified atom stereocenters. The fraction of sp³-hybridized carbons (Fsp3) is 0.471. The van der Waals surface area contributed by atoms with E-state index in [1.807, 2.05) is 11.8 Å². The van der Waals surface area contributed by atoms with Crippen molar-refractivity contribution in [1.29, 1.82) is 0 Å². The number of rotatable bonds is 3. The lowest BCUT2D eigenvalue weighted by molar-refractivity contribution is 0.0695. The van der Waals surface area contributed by atoms with Crippen molar-refractivity contribution in [3.8, 4) is 0 Å². The van der Waals surface area contributed by atoms with Crippen molar-refractivity contribution < 1.29 is 14.3 Å². The average molecular weight is 383 g/mol. The molecule has 1 aliphatic heterocycles. The summed E-state index contributed by atoms with van der Waals surface area (Å²) in [4.78, 5) is 30.0. The second kappa shape index (κ2) is 6.51. The van der Waals surface area contributed by atoms with Gasteiger partial charge in [-0.2, -0.15) is 0 Å². The minimum atomic E-state index is -1.31. The molecule has 4 rings (SSSR count). The van der Waals surface area contributed by atoms with Crippen molar-refractivity contribution in [1.82, 2.24) is 9.55 Å². The maximum absolute atomic E-state index is 14.7. The molecular weight excluding hydrogens is 363 g/mol. The van der Waals surface area contributed by atoms with Gasteiger partial charge in [0.2, 0.25) is 5.43 Å². The number of nitrogens with two attached hydrogens (primary N) is 1. The van der Waals surface area contributed by atoms with Crippen molar-refractivity contribution in [3.05, 3.63) is 33.9 Å². The summed E-state index contributed by atoms with van der Waals surface area (Å²) in [6, 6.07) is 1.22. The summed E-state index contributed by atoms with van der Waals surface area (Å²) >= 11 is 0. The Morgan fingerprint density at radius 3 is 2.65 bits per heavy atom. The Hall–Kier alpha value is -2.19. The van der Waals surface area contributed by atoms with Gasteiger partial charge in [0.15, 0.2) is 11.6 Å². The molecule has 26 heavy (non-hydrogen) atoms. The minimum absolute atomic E-state index is 0. The number of hydrogen-bond acceptors (Lipinski definition) is 5. The maximum atomic E-state index is 14.7. The normalized spacial score (nSPS) is 22.5. The van der Waals surface area contributed by atoms with Gasteiger partial charge in [0, 0.05) is 30.9 Å². The molecule has 2 aliphatic rings. The topological polar surface area (TPSA) is 101 Å². The summed E-state index contributed by atoms with van der Waals surface area (Å²) in [7, 11) is 0. The molecule has 1 aliphatic carbocycles. The van der Waals surface area contributed by atoms with E-state index in [1.165, 1.54) is 6.20 Å². The zero-order valence-corrected chi connectivity index (χ0v) is 15.0. The van der Waals surface area contributed by atoms with Crippen LogP contribution in [0.15, 0.2) is 17.1 Å². The van der Waals surface area contributed by atoms with Crippen molar-refractivity contribution >= 4 is 35.2 Å². The number of aromatic nitrogens is 2. The van der Waals surface area contributed by atoms with Crippen LogP contribution >= 0.6 is 12.4 Å². The molecule has 0 radical (unpaired) electrons. The van der Waals surface area contributed by atoms with Crippen LogP contribution in [-0.4, -0.2) is 39.3 Å². The molecule has 7 nitrogen and oxygen atoms in total. The van der Waals surface area contributed by atoms with Gasteiger partial charge in [-0.25, -0.2) is 14.2 Å². The molecule has 3 heterocycles. The molecule has 1 saturated heterocycles. The van der Waals surface area contributed by atoms with E-state index in [1.54, 1.807) is 4.57 Å². The quantitative estimate of drug-likeness (QED) is 0.840. The Kier molecular flexibility index (Phi) is 4.66. The highest BCUT2D eigenvalue weighted by molar-refractivity contribution is 5.92. The molecule has 9 heteroatoms. The van der Waals surface area contributed by atoms with Gasteiger partial charge in [-0.1, -0.05) is 0 Å². The summed E-state index contributed by atoms with van der Waals surface area (Å²) in [5, 5.41) is 9.27. The molecular formula is C17H20ClFN4O3. The Morgan fingerprint density at radius 1 is 1.42 bits per heavy atom. The summed E-state index contributed by atoms with van der Waals surface area (Å²) < 4.78 is 16.4. The molecule has 0 bridgehead atoms. The van der Waals surface area contributed by atoms with Gasteiger partial charge in [0.25, 0.3) is 0 Å². The lowest BCUT2D eigenvalue weighted by atomic mass is 10.1. The molecule has 2 aromatic heterocycles. The van der Waals surface area contributed by atoms with Gasteiger partial charge < -0.3 is 20.3 Å². The number of pyridine rings is 2. The lowest BCUT2D eigenvalue weighted by Gasteiger charge is -2.24. The van der Waals surface area contributed by atoms with Crippen LogP contribution in [0.5, 0.6) is 0 Å². The largest absolute Gasteiger partial charge is 0.477 e. The summed E-state index contributed by atoms with van der Waals surface area (Å²) in [6.45, 7) is 2.46. The second-order valence-corrected chi connectivity index (χ2v) is 6.98. The molecule has 2 aromatic rings. The first-order valence-corrected chi connectivity index (χ1v) is 8.37. The summed E-state index contributed by atoms with van der Waals surface area (Å²) in [5.74, 6) is -1.77. The monoisotopic (exact) mass is 382 g/mol. The molecule has 0 spiro atoms. The number of carboxylic acid groups (broad SMARTS) is 1. The van der Waals surface area contributed by atoms with Gasteiger partial charge in [0.05, 0.1) is 5.39 Å². The standard InChI is InChI=1S/C17H19FN4O3.ClH/c1-8-4-9(19)6-21(8)16-13(18)5-11-14(23)12(17(24)25)7-22(10-2-3-10)15(11)20-16;/h5,7-10H,2-4,6,19H2,1H3,(H,24,25);1H. The molecule has 2 atom stereocenters. The zero-order chi connectivity index (χ0) is 17.9. The number of halogens is 2. The Balaban J connectivity index is 0.00000196. The zero-order valence-electron chi connectivity index (χ0n) is 14.2. The minimum Gasteiger partial charge on any atom is -0.477 e. The van der Waals surface area contributed by atoms with Crippen molar-refractivity contribution in [2.24, 2.45) is 5.73 Å². The van der Waals surface area contributed by atoms with Crippen molar-refractivity contribution in [2.75, 3.05) is 11.4 Å².